The molecular formula is C21H28N2O5S. The van der Waals surface area contributed by atoms with Gasteiger partial charge in [0.05, 0.1) is 18.1 Å². The van der Waals surface area contributed by atoms with Crippen molar-refractivity contribution >= 4 is 15.9 Å². The van der Waals surface area contributed by atoms with E-state index in [2.05, 4.69) is 10.0 Å². The topological polar surface area (TPSA) is 93.7 Å². The van der Waals surface area contributed by atoms with Crippen LogP contribution in [0.25, 0.3) is 0 Å². The first kappa shape index (κ1) is 22.9. The van der Waals surface area contributed by atoms with Crippen molar-refractivity contribution in [3.8, 4) is 5.75 Å². The second-order valence-electron chi connectivity index (χ2n) is 6.28. The quantitative estimate of drug-likeness (QED) is 0.551. The summed E-state index contributed by atoms with van der Waals surface area (Å²) in [6.45, 7) is 5.96. The molecule has 2 aromatic rings. The first-order valence-electron chi connectivity index (χ1n) is 9.59. The molecule has 0 aromatic heterocycles. The van der Waals surface area contributed by atoms with Crippen LogP contribution in [0.15, 0.2) is 53.4 Å². The molecule has 0 saturated heterocycles. The fraction of sp³-hybridized carbons (Fsp3) is 0.381. The van der Waals surface area contributed by atoms with Crippen molar-refractivity contribution in [3.05, 3.63) is 59.7 Å². The molecule has 8 heteroatoms. The number of carbonyl (C=O) groups excluding carboxylic acids is 1. The number of amides is 1. The van der Waals surface area contributed by atoms with E-state index in [1.807, 2.05) is 38.1 Å². The van der Waals surface area contributed by atoms with Gasteiger partial charge in [0.15, 0.2) is 0 Å². The second kappa shape index (κ2) is 11.5. The molecule has 7 nitrogen and oxygen atoms in total. The van der Waals surface area contributed by atoms with Crippen LogP contribution in [-0.4, -0.2) is 34.1 Å². The number of ether oxygens (including phenoxy) is 2. The molecule has 0 radical (unpaired) electrons. The summed E-state index contributed by atoms with van der Waals surface area (Å²) in [6, 6.07) is 13.9. The molecule has 0 fully saturated rings. The largest absolute Gasteiger partial charge is 0.494 e. The van der Waals surface area contributed by atoms with Gasteiger partial charge in [0.2, 0.25) is 15.9 Å². The predicted octanol–water partition coefficient (Wildman–Crippen LogP) is 2.61. The van der Waals surface area contributed by atoms with E-state index in [0.717, 1.165) is 11.1 Å². The lowest BCUT2D eigenvalue weighted by Gasteiger charge is -2.09. The van der Waals surface area contributed by atoms with Crippen LogP contribution in [0.5, 0.6) is 5.75 Å². The zero-order chi connectivity index (χ0) is 21.1. The van der Waals surface area contributed by atoms with Gasteiger partial charge >= 0.3 is 0 Å². The lowest BCUT2D eigenvalue weighted by atomic mass is 10.1. The van der Waals surface area contributed by atoms with Gasteiger partial charge in [-0.25, -0.2) is 13.1 Å². The maximum atomic E-state index is 12.3. The van der Waals surface area contributed by atoms with E-state index >= 15 is 0 Å². The Hall–Kier alpha value is -2.42. The zero-order valence-corrected chi connectivity index (χ0v) is 17.6. The van der Waals surface area contributed by atoms with E-state index < -0.39 is 10.0 Å². The fourth-order valence-corrected chi connectivity index (χ4v) is 3.56. The lowest BCUT2D eigenvalue weighted by Crippen LogP contribution is -2.30. The summed E-state index contributed by atoms with van der Waals surface area (Å²) in [5, 5.41) is 2.79. The molecule has 1 amide bonds. The van der Waals surface area contributed by atoms with Crippen molar-refractivity contribution in [1.82, 2.24) is 10.0 Å². The summed E-state index contributed by atoms with van der Waals surface area (Å²) in [5.41, 5.74) is 2.04. The summed E-state index contributed by atoms with van der Waals surface area (Å²) in [7, 11) is -3.66. The minimum Gasteiger partial charge on any atom is -0.494 e. The highest BCUT2D eigenvalue weighted by molar-refractivity contribution is 7.89. The normalized spacial score (nSPS) is 11.2. The van der Waals surface area contributed by atoms with Crippen LogP contribution in [0, 0.1) is 0 Å². The van der Waals surface area contributed by atoms with E-state index in [4.69, 9.17) is 9.47 Å². The van der Waals surface area contributed by atoms with Crippen LogP contribution in [-0.2, 0) is 32.7 Å². The Labute approximate surface area is 172 Å². The Morgan fingerprint density at radius 3 is 2.21 bits per heavy atom. The van der Waals surface area contributed by atoms with Crippen LogP contribution in [0.2, 0.25) is 0 Å². The maximum absolute atomic E-state index is 12.3. The van der Waals surface area contributed by atoms with E-state index in [9.17, 15) is 13.2 Å². The van der Waals surface area contributed by atoms with Gasteiger partial charge in [-0.05, 0) is 49.2 Å². The highest BCUT2D eigenvalue weighted by atomic mass is 32.2. The molecule has 0 unspecified atom stereocenters. The fourth-order valence-electron chi connectivity index (χ4n) is 2.53. The molecular weight excluding hydrogens is 392 g/mol. The molecule has 2 N–H and O–H groups in total. The van der Waals surface area contributed by atoms with Crippen molar-refractivity contribution in [1.29, 1.82) is 0 Å². The first-order chi connectivity index (χ1) is 13.9. The zero-order valence-electron chi connectivity index (χ0n) is 16.8. The van der Waals surface area contributed by atoms with Gasteiger partial charge in [-0.15, -0.1) is 0 Å². The van der Waals surface area contributed by atoms with Gasteiger partial charge in [0.25, 0.3) is 0 Å². The molecule has 158 valence electrons. The molecule has 0 aliphatic heterocycles. The Morgan fingerprint density at radius 1 is 0.931 bits per heavy atom. The summed E-state index contributed by atoms with van der Waals surface area (Å²) >= 11 is 0. The maximum Gasteiger partial charge on any atom is 0.240 e. The Kier molecular flexibility index (Phi) is 9.11. The molecule has 2 rings (SSSR count). The van der Waals surface area contributed by atoms with Crippen LogP contribution in [0.1, 0.15) is 31.4 Å². The molecule has 0 heterocycles. The first-order valence-corrected chi connectivity index (χ1v) is 11.1. The summed E-state index contributed by atoms with van der Waals surface area (Å²) in [5.74, 6) is 0.384. The highest BCUT2D eigenvalue weighted by Crippen LogP contribution is 2.15. The third-order valence-corrected chi connectivity index (χ3v) is 5.55. The van der Waals surface area contributed by atoms with Crippen molar-refractivity contribution < 1.29 is 22.7 Å². The van der Waals surface area contributed by atoms with Crippen LogP contribution in [0.3, 0.4) is 0 Å². The molecule has 0 saturated carbocycles. The summed E-state index contributed by atoms with van der Waals surface area (Å²) in [6.07, 6.45) is 0.0542. The van der Waals surface area contributed by atoms with E-state index in [-0.39, 0.29) is 23.8 Å². The molecule has 0 atom stereocenters. The lowest BCUT2D eigenvalue weighted by molar-refractivity contribution is -0.121. The van der Waals surface area contributed by atoms with Gasteiger partial charge in [0, 0.05) is 26.1 Å². The number of carbonyl (C=O) groups is 1. The predicted molar refractivity (Wildman–Crippen MR) is 111 cm³/mol. The standard InChI is InChI=1S/C21H28N2O5S/c1-3-27-16-18-7-5-17(6-8-18)15-22-21(24)13-14-23-29(25,26)20-11-9-19(10-12-20)28-4-2/h5-12,23H,3-4,13-16H2,1-2H3,(H,22,24). The minimum absolute atomic E-state index is 0.0225. The summed E-state index contributed by atoms with van der Waals surface area (Å²) < 4.78 is 37.6. The molecule has 0 bridgehead atoms. The third-order valence-electron chi connectivity index (χ3n) is 4.07. The Balaban J connectivity index is 1.74. The number of rotatable bonds is 12. The van der Waals surface area contributed by atoms with Gasteiger partial charge in [0.1, 0.15) is 5.75 Å². The Morgan fingerprint density at radius 2 is 1.59 bits per heavy atom. The van der Waals surface area contributed by atoms with E-state index in [0.29, 0.717) is 32.1 Å². The summed E-state index contributed by atoms with van der Waals surface area (Å²) in [4.78, 5) is 12.1. The van der Waals surface area contributed by atoms with E-state index in [1.165, 1.54) is 12.1 Å². The number of hydrogen-bond acceptors (Lipinski definition) is 5. The van der Waals surface area contributed by atoms with E-state index in [1.54, 1.807) is 12.1 Å². The number of nitrogens with one attached hydrogen (secondary N) is 2. The average molecular weight is 421 g/mol. The second-order valence-corrected chi connectivity index (χ2v) is 8.05. The molecule has 29 heavy (non-hydrogen) atoms. The van der Waals surface area contributed by atoms with Gasteiger partial charge in [-0.2, -0.15) is 0 Å². The molecule has 0 aliphatic carbocycles. The van der Waals surface area contributed by atoms with Crippen LogP contribution < -0.4 is 14.8 Å². The molecule has 2 aromatic carbocycles. The monoisotopic (exact) mass is 420 g/mol. The van der Waals surface area contributed by atoms with Gasteiger partial charge in [-0.3, -0.25) is 4.79 Å². The molecule has 0 aliphatic rings. The van der Waals surface area contributed by atoms with Gasteiger partial charge in [-0.1, -0.05) is 24.3 Å². The average Bonchev–Trinajstić information content (AvgIpc) is 2.72. The van der Waals surface area contributed by atoms with Crippen LogP contribution in [0.4, 0.5) is 0 Å². The molecule has 0 spiro atoms. The highest BCUT2D eigenvalue weighted by Gasteiger charge is 2.14. The number of benzene rings is 2. The van der Waals surface area contributed by atoms with Crippen LogP contribution >= 0.6 is 0 Å². The van der Waals surface area contributed by atoms with Crippen molar-refractivity contribution in [3.63, 3.8) is 0 Å². The number of sulfonamides is 1. The smallest absolute Gasteiger partial charge is 0.240 e. The minimum atomic E-state index is -3.66. The third kappa shape index (κ3) is 7.84. The SMILES string of the molecule is CCOCc1ccc(CNC(=O)CCNS(=O)(=O)c2ccc(OCC)cc2)cc1. The number of hydrogen-bond donors (Lipinski definition) is 2. The Bertz CT molecular complexity index is 865. The van der Waals surface area contributed by atoms with Crippen molar-refractivity contribution in [2.24, 2.45) is 0 Å². The van der Waals surface area contributed by atoms with Crippen molar-refractivity contribution in [2.75, 3.05) is 19.8 Å². The van der Waals surface area contributed by atoms with Gasteiger partial charge < -0.3 is 14.8 Å². The van der Waals surface area contributed by atoms with Crippen molar-refractivity contribution in [2.45, 2.75) is 38.3 Å².